The van der Waals surface area contributed by atoms with Gasteiger partial charge in [0.1, 0.15) is 0 Å². The lowest BCUT2D eigenvalue weighted by Crippen LogP contribution is -2.42. The molecule has 1 heterocycles. The molecule has 0 aliphatic carbocycles. The van der Waals surface area contributed by atoms with E-state index in [-0.39, 0.29) is 17.2 Å². The molecule has 0 bridgehead atoms. The number of benzene rings is 1. The zero-order chi connectivity index (χ0) is 15.6. The number of nitro benzene ring substituents is 1. The second kappa shape index (κ2) is 6.19. The van der Waals surface area contributed by atoms with E-state index < -0.39 is 16.9 Å². The van der Waals surface area contributed by atoms with E-state index in [2.05, 4.69) is 0 Å². The Morgan fingerprint density at radius 3 is 2.86 bits per heavy atom. The third kappa shape index (κ3) is 3.56. The molecular formula is C14H19N3O4. The van der Waals surface area contributed by atoms with E-state index in [1.807, 2.05) is 11.8 Å². The molecule has 1 aliphatic heterocycles. The fourth-order valence-electron chi connectivity index (χ4n) is 2.52. The maximum atomic E-state index is 11.1. The van der Waals surface area contributed by atoms with Gasteiger partial charge < -0.3 is 10.8 Å². The molecular weight excluding hydrogens is 274 g/mol. The lowest BCUT2D eigenvalue weighted by molar-refractivity contribution is -0.385. The van der Waals surface area contributed by atoms with Gasteiger partial charge in [0, 0.05) is 30.3 Å². The van der Waals surface area contributed by atoms with Crippen LogP contribution in [0.3, 0.4) is 0 Å². The van der Waals surface area contributed by atoms with Gasteiger partial charge in [0.2, 0.25) is 5.91 Å². The van der Waals surface area contributed by atoms with E-state index >= 15 is 0 Å². The third-order valence-corrected chi connectivity index (χ3v) is 3.96. The Morgan fingerprint density at radius 2 is 2.29 bits per heavy atom. The van der Waals surface area contributed by atoms with E-state index in [0.29, 0.717) is 18.7 Å². The number of rotatable bonds is 4. The van der Waals surface area contributed by atoms with Crippen molar-refractivity contribution in [1.82, 2.24) is 4.90 Å². The number of carbonyl (C=O) groups excluding carboxylic acids is 1. The highest BCUT2D eigenvalue weighted by Gasteiger charge is 2.26. The van der Waals surface area contributed by atoms with Crippen LogP contribution in [0, 0.1) is 16.0 Å². The van der Waals surface area contributed by atoms with Crippen molar-refractivity contribution in [2.24, 2.45) is 11.7 Å². The van der Waals surface area contributed by atoms with E-state index in [1.165, 1.54) is 12.1 Å². The van der Waals surface area contributed by atoms with Crippen LogP contribution in [-0.4, -0.2) is 40.0 Å². The van der Waals surface area contributed by atoms with Crippen LogP contribution in [0.2, 0.25) is 0 Å². The standard InChI is InChI=1S/C14H19N3O4/c1-9-4-5-16(8-13(9)18)7-11-3-2-10(14(15)19)6-12(11)17(20)21/h2-3,6,9,13,18H,4-5,7-8H2,1H3,(H2,15,19). The van der Waals surface area contributed by atoms with Crippen LogP contribution in [0.4, 0.5) is 5.69 Å². The van der Waals surface area contributed by atoms with Crippen LogP contribution >= 0.6 is 0 Å². The van der Waals surface area contributed by atoms with Crippen LogP contribution in [0.15, 0.2) is 18.2 Å². The smallest absolute Gasteiger partial charge is 0.274 e. The minimum Gasteiger partial charge on any atom is -0.392 e. The van der Waals surface area contributed by atoms with Gasteiger partial charge in [-0.3, -0.25) is 19.8 Å². The molecule has 1 aliphatic rings. The molecule has 1 aromatic carbocycles. The maximum absolute atomic E-state index is 11.1. The number of amides is 1. The number of nitrogens with zero attached hydrogens (tertiary/aromatic N) is 2. The molecule has 0 saturated carbocycles. The van der Waals surface area contributed by atoms with Crippen LogP contribution in [0.25, 0.3) is 0 Å². The zero-order valence-electron chi connectivity index (χ0n) is 11.9. The summed E-state index contributed by atoms with van der Waals surface area (Å²) in [5.74, 6) is -0.444. The quantitative estimate of drug-likeness (QED) is 0.633. The average molecular weight is 293 g/mol. The van der Waals surface area contributed by atoms with Gasteiger partial charge >= 0.3 is 0 Å². The van der Waals surface area contributed by atoms with E-state index in [0.717, 1.165) is 13.0 Å². The monoisotopic (exact) mass is 293 g/mol. The number of hydrogen-bond donors (Lipinski definition) is 2. The molecule has 1 saturated heterocycles. The molecule has 21 heavy (non-hydrogen) atoms. The topological polar surface area (TPSA) is 110 Å². The lowest BCUT2D eigenvalue weighted by atomic mass is 9.95. The van der Waals surface area contributed by atoms with Crippen molar-refractivity contribution in [3.05, 3.63) is 39.4 Å². The number of nitrogens with two attached hydrogens (primary N) is 1. The summed E-state index contributed by atoms with van der Waals surface area (Å²) < 4.78 is 0. The van der Waals surface area contributed by atoms with Crippen molar-refractivity contribution >= 4 is 11.6 Å². The number of hydrogen-bond acceptors (Lipinski definition) is 5. The Hall–Kier alpha value is -1.99. The molecule has 2 rings (SSSR count). The molecule has 2 atom stereocenters. The van der Waals surface area contributed by atoms with E-state index in [1.54, 1.807) is 6.07 Å². The first-order valence-corrected chi connectivity index (χ1v) is 6.86. The average Bonchev–Trinajstić information content (AvgIpc) is 2.43. The Bertz CT molecular complexity index is 561. The largest absolute Gasteiger partial charge is 0.392 e. The molecule has 114 valence electrons. The van der Waals surface area contributed by atoms with Crippen molar-refractivity contribution in [3.8, 4) is 0 Å². The summed E-state index contributed by atoms with van der Waals surface area (Å²) in [4.78, 5) is 23.7. The van der Waals surface area contributed by atoms with Gasteiger partial charge in [0.05, 0.1) is 11.0 Å². The number of piperidine rings is 1. The van der Waals surface area contributed by atoms with Crippen molar-refractivity contribution in [2.75, 3.05) is 13.1 Å². The summed E-state index contributed by atoms with van der Waals surface area (Å²) >= 11 is 0. The molecule has 0 aromatic heterocycles. The number of likely N-dealkylation sites (tertiary alicyclic amines) is 1. The third-order valence-electron chi connectivity index (χ3n) is 3.96. The molecule has 0 radical (unpaired) electrons. The summed E-state index contributed by atoms with van der Waals surface area (Å²) in [5, 5.41) is 21.0. The van der Waals surface area contributed by atoms with Crippen molar-refractivity contribution < 1.29 is 14.8 Å². The summed E-state index contributed by atoms with van der Waals surface area (Å²) in [6.45, 7) is 3.65. The van der Waals surface area contributed by atoms with Crippen LogP contribution in [0.1, 0.15) is 29.3 Å². The molecule has 1 fully saturated rings. The predicted molar refractivity (Wildman–Crippen MR) is 76.7 cm³/mol. The van der Waals surface area contributed by atoms with Gasteiger partial charge in [0.25, 0.3) is 5.69 Å². The van der Waals surface area contributed by atoms with Crippen molar-refractivity contribution in [2.45, 2.75) is 26.0 Å². The van der Waals surface area contributed by atoms with Crippen molar-refractivity contribution in [1.29, 1.82) is 0 Å². The number of β-amino-alcohol motifs (C(OH)–C–C–N with tert-alkyl or cyclic N) is 1. The lowest BCUT2D eigenvalue weighted by Gasteiger charge is -2.34. The van der Waals surface area contributed by atoms with E-state index in [9.17, 15) is 20.0 Å². The number of nitro groups is 1. The fraction of sp³-hybridized carbons (Fsp3) is 0.500. The van der Waals surface area contributed by atoms with Crippen molar-refractivity contribution in [3.63, 3.8) is 0 Å². The zero-order valence-corrected chi connectivity index (χ0v) is 11.9. The van der Waals surface area contributed by atoms with Gasteiger partial charge in [-0.05, 0) is 24.9 Å². The van der Waals surface area contributed by atoms with Gasteiger partial charge in [0.15, 0.2) is 0 Å². The molecule has 1 amide bonds. The first-order valence-electron chi connectivity index (χ1n) is 6.86. The number of aliphatic hydroxyl groups is 1. The van der Waals surface area contributed by atoms with E-state index in [4.69, 9.17) is 5.73 Å². The SMILES string of the molecule is CC1CCN(Cc2ccc(C(N)=O)cc2[N+](=O)[O-])CC1O. The first kappa shape index (κ1) is 15.4. The summed E-state index contributed by atoms with van der Waals surface area (Å²) in [5.41, 5.74) is 5.68. The Morgan fingerprint density at radius 1 is 1.57 bits per heavy atom. The number of primary amides is 1. The molecule has 7 heteroatoms. The minimum absolute atomic E-state index is 0.112. The molecule has 7 nitrogen and oxygen atoms in total. The van der Waals surface area contributed by atoms with Gasteiger partial charge in [-0.25, -0.2) is 0 Å². The minimum atomic E-state index is -0.688. The predicted octanol–water partition coefficient (Wildman–Crippen LogP) is 0.896. The second-order valence-electron chi connectivity index (χ2n) is 5.53. The van der Waals surface area contributed by atoms with Gasteiger partial charge in [-0.15, -0.1) is 0 Å². The summed E-state index contributed by atoms with van der Waals surface area (Å²) in [6.07, 6.45) is 0.441. The molecule has 2 unspecified atom stereocenters. The Kier molecular flexibility index (Phi) is 4.54. The first-order chi connectivity index (χ1) is 9.88. The second-order valence-corrected chi connectivity index (χ2v) is 5.53. The van der Waals surface area contributed by atoms with Crippen LogP contribution in [-0.2, 0) is 6.54 Å². The van der Waals surface area contributed by atoms with Gasteiger partial charge in [-0.1, -0.05) is 13.0 Å². The molecule has 3 N–H and O–H groups in total. The fourth-order valence-corrected chi connectivity index (χ4v) is 2.52. The van der Waals surface area contributed by atoms with Crippen LogP contribution in [0.5, 0.6) is 0 Å². The van der Waals surface area contributed by atoms with Crippen LogP contribution < -0.4 is 5.73 Å². The summed E-state index contributed by atoms with van der Waals surface area (Å²) in [7, 11) is 0. The Labute approximate surface area is 122 Å². The Balaban J connectivity index is 2.19. The summed E-state index contributed by atoms with van der Waals surface area (Å²) in [6, 6.07) is 4.26. The maximum Gasteiger partial charge on any atom is 0.274 e. The van der Waals surface area contributed by atoms with Gasteiger partial charge in [-0.2, -0.15) is 0 Å². The number of aliphatic hydroxyl groups excluding tert-OH is 1. The molecule has 1 aromatic rings. The number of carbonyl (C=O) groups is 1. The highest BCUT2D eigenvalue weighted by Crippen LogP contribution is 2.24. The highest BCUT2D eigenvalue weighted by atomic mass is 16.6. The highest BCUT2D eigenvalue weighted by molar-refractivity contribution is 5.93. The molecule has 0 spiro atoms. The normalized spacial score (nSPS) is 23.0.